The van der Waals surface area contributed by atoms with Gasteiger partial charge in [0.15, 0.2) is 11.5 Å². The van der Waals surface area contributed by atoms with Gasteiger partial charge in [0.2, 0.25) is 5.91 Å². The minimum atomic E-state index is -0.143. The molecule has 0 fully saturated rings. The number of nitrogens with one attached hydrogen (secondary N) is 1. The van der Waals surface area contributed by atoms with Crippen molar-refractivity contribution in [2.75, 3.05) is 13.2 Å². The summed E-state index contributed by atoms with van der Waals surface area (Å²) in [7, 11) is 2.01. The lowest BCUT2D eigenvalue weighted by Gasteiger charge is -2.21. The summed E-state index contributed by atoms with van der Waals surface area (Å²) >= 11 is 0. The molecular formula is C24H29N3O3. The van der Waals surface area contributed by atoms with Crippen LogP contribution in [0.2, 0.25) is 0 Å². The standard InChI is InChI=1S/C24H29N3O3/c1-16(2)13-19(24-26-18-7-4-5-8-20(18)27(24)3)25-23(28)15-17-9-10-21-22(14-17)30-12-6-11-29-21/h4-5,7-10,14,16,19H,6,11-13,15H2,1-3H3,(H,25,28)/t19-/m0/s1. The zero-order valence-electron chi connectivity index (χ0n) is 17.9. The van der Waals surface area contributed by atoms with Gasteiger partial charge < -0.3 is 19.4 Å². The number of benzene rings is 2. The van der Waals surface area contributed by atoms with Crippen LogP contribution >= 0.6 is 0 Å². The second-order valence-electron chi connectivity index (χ2n) is 8.28. The number of carbonyl (C=O) groups excluding carboxylic acids is 1. The van der Waals surface area contributed by atoms with Crippen molar-refractivity contribution < 1.29 is 14.3 Å². The summed E-state index contributed by atoms with van der Waals surface area (Å²) in [5, 5.41) is 3.21. The third-order valence-electron chi connectivity index (χ3n) is 5.35. The maximum absolute atomic E-state index is 12.9. The third kappa shape index (κ3) is 4.42. The summed E-state index contributed by atoms with van der Waals surface area (Å²) in [6.07, 6.45) is 1.97. The topological polar surface area (TPSA) is 65.4 Å². The molecule has 30 heavy (non-hydrogen) atoms. The Balaban J connectivity index is 1.52. The monoisotopic (exact) mass is 407 g/mol. The smallest absolute Gasteiger partial charge is 0.225 e. The zero-order valence-corrected chi connectivity index (χ0v) is 17.9. The predicted octanol–water partition coefficient (Wildman–Crippen LogP) is 4.18. The quantitative estimate of drug-likeness (QED) is 0.666. The van der Waals surface area contributed by atoms with Crippen molar-refractivity contribution in [3.8, 4) is 11.5 Å². The second kappa shape index (κ2) is 8.78. The summed E-state index contributed by atoms with van der Waals surface area (Å²) in [6.45, 7) is 5.60. The fourth-order valence-electron chi connectivity index (χ4n) is 3.92. The Bertz CT molecular complexity index is 1040. The maximum Gasteiger partial charge on any atom is 0.225 e. The van der Waals surface area contributed by atoms with E-state index < -0.39 is 0 Å². The Labute approximate surface area is 177 Å². The van der Waals surface area contributed by atoms with E-state index in [4.69, 9.17) is 14.5 Å². The van der Waals surface area contributed by atoms with Crippen LogP contribution in [0.1, 0.15) is 44.1 Å². The molecule has 0 spiro atoms. The molecule has 2 heterocycles. The minimum absolute atomic E-state index is 0.0257. The molecular weight excluding hydrogens is 378 g/mol. The normalized spacial score (nSPS) is 14.5. The van der Waals surface area contributed by atoms with Crippen molar-refractivity contribution in [2.45, 2.75) is 39.2 Å². The molecule has 1 atom stereocenters. The summed E-state index contributed by atoms with van der Waals surface area (Å²) in [4.78, 5) is 17.7. The number of ether oxygens (including phenoxy) is 2. The Morgan fingerprint density at radius 3 is 2.67 bits per heavy atom. The molecule has 0 saturated carbocycles. The zero-order chi connectivity index (χ0) is 21.1. The largest absolute Gasteiger partial charge is 0.490 e. The van der Waals surface area contributed by atoms with Gasteiger partial charge in [-0.25, -0.2) is 4.98 Å². The lowest BCUT2D eigenvalue weighted by Crippen LogP contribution is -2.32. The number of aromatic nitrogens is 2. The van der Waals surface area contributed by atoms with Gasteiger partial charge in [-0.05, 0) is 42.2 Å². The molecule has 1 aliphatic rings. The number of hydrogen-bond acceptors (Lipinski definition) is 4. The molecule has 0 aliphatic carbocycles. The van der Waals surface area contributed by atoms with E-state index >= 15 is 0 Å². The summed E-state index contributed by atoms with van der Waals surface area (Å²) in [6, 6.07) is 13.6. The fraction of sp³-hybridized carbons (Fsp3) is 0.417. The highest BCUT2D eigenvalue weighted by Gasteiger charge is 2.22. The molecule has 6 nitrogen and oxygen atoms in total. The number of hydrogen-bond donors (Lipinski definition) is 1. The Kier molecular flexibility index (Phi) is 5.93. The molecule has 1 N–H and O–H groups in total. The number of amides is 1. The van der Waals surface area contributed by atoms with E-state index in [9.17, 15) is 4.79 Å². The fourth-order valence-corrected chi connectivity index (χ4v) is 3.92. The summed E-state index contributed by atoms with van der Waals surface area (Å²) < 4.78 is 13.5. The van der Waals surface area contributed by atoms with Crippen LogP contribution in [-0.4, -0.2) is 28.7 Å². The third-order valence-corrected chi connectivity index (χ3v) is 5.35. The van der Waals surface area contributed by atoms with E-state index in [2.05, 4.69) is 29.8 Å². The van der Waals surface area contributed by atoms with Crippen molar-refractivity contribution in [1.29, 1.82) is 0 Å². The van der Waals surface area contributed by atoms with Gasteiger partial charge in [0, 0.05) is 13.5 Å². The van der Waals surface area contributed by atoms with Crippen LogP contribution in [0.4, 0.5) is 0 Å². The lowest BCUT2D eigenvalue weighted by molar-refractivity contribution is -0.121. The highest BCUT2D eigenvalue weighted by Crippen LogP contribution is 2.31. The van der Waals surface area contributed by atoms with Crippen LogP contribution in [-0.2, 0) is 18.3 Å². The summed E-state index contributed by atoms with van der Waals surface area (Å²) in [5.41, 5.74) is 2.92. The van der Waals surface area contributed by atoms with E-state index in [1.54, 1.807) is 0 Å². The van der Waals surface area contributed by atoms with Crippen molar-refractivity contribution in [3.63, 3.8) is 0 Å². The second-order valence-corrected chi connectivity index (χ2v) is 8.28. The van der Waals surface area contributed by atoms with Gasteiger partial charge in [0.1, 0.15) is 5.82 Å². The first kappa shape index (κ1) is 20.3. The first-order valence-corrected chi connectivity index (χ1v) is 10.6. The molecule has 1 aromatic heterocycles. The predicted molar refractivity (Wildman–Crippen MR) is 117 cm³/mol. The average molecular weight is 408 g/mol. The van der Waals surface area contributed by atoms with Crippen molar-refractivity contribution in [1.82, 2.24) is 14.9 Å². The molecule has 0 radical (unpaired) electrons. The van der Waals surface area contributed by atoms with Crippen LogP contribution in [0, 0.1) is 5.92 Å². The average Bonchev–Trinajstić information content (AvgIpc) is 2.88. The number of carbonyl (C=O) groups is 1. The number of fused-ring (bicyclic) bond motifs is 2. The number of nitrogens with zero attached hydrogens (tertiary/aromatic N) is 2. The van der Waals surface area contributed by atoms with Crippen LogP contribution in [0.15, 0.2) is 42.5 Å². The molecule has 4 rings (SSSR count). The van der Waals surface area contributed by atoms with Gasteiger partial charge in [-0.3, -0.25) is 4.79 Å². The van der Waals surface area contributed by atoms with E-state index in [0.29, 0.717) is 24.9 Å². The van der Waals surface area contributed by atoms with Gasteiger partial charge in [0.05, 0.1) is 36.7 Å². The highest BCUT2D eigenvalue weighted by molar-refractivity contribution is 5.80. The molecule has 0 bridgehead atoms. The van der Waals surface area contributed by atoms with Crippen molar-refractivity contribution in [2.24, 2.45) is 13.0 Å². The minimum Gasteiger partial charge on any atom is -0.490 e. The Morgan fingerprint density at radius 1 is 1.13 bits per heavy atom. The van der Waals surface area contributed by atoms with Crippen LogP contribution in [0.25, 0.3) is 11.0 Å². The molecule has 0 saturated heterocycles. The first-order chi connectivity index (χ1) is 14.5. The molecule has 1 amide bonds. The van der Waals surface area contributed by atoms with Crippen LogP contribution in [0.5, 0.6) is 11.5 Å². The number of para-hydroxylation sites is 2. The van der Waals surface area contributed by atoms with E-state index in [0.717, 1.165) is 41.0 Å². The highest BCUT2D eigenvalue weighted by atomic mass is 16.5. The molecule has 6 heteroatoms. The van der Waals surface area contributed by atoms with Gasteiger partial charge in [-0.2, -0.15) is 0 Å². The molecule has 1 aliphatic heterocycles. The summed E-state index contributed by atoms with van der Waals surface area (Å²) in [5.74, 6) is 2.74. The Hall–Kier alpha value is -3.02. The van der Waals surface area contributed by atoms with E-state index in [1.165, 1.54) is 0 Å². The van der Waals surface area contributed by atoms with Crippen LogP contribution < -0.4 is 14.8 Å². The maximum atomic E-state index is 12.9. The van der Waals surface area contributed by atoms with Gasteiger partial charge in [-0.1, -0.05) is 32.0 Å². The van der Waals surface area contributed by atoms with E-state index in [1.807, 2.05) is 43.4 Å². The number of rotatable bonds is 6. The van der Waals surface area contributed by atoms with Gasteiger partial charge in [0.25, 0.3) is 0 Å². The molecule has 2 aromatic carbocycles. The molecule has 0 unspecified atom stereocenters. The number of aryl methyl sites for hydroxylation is 1. The van der Waals surface area contributed by atoms with Crippen molar-refractivity contribution in [3.05, 3.63) is 53.9 Å². The Morgan fingerprint density at radius 2 is 1.90 bits per heavy atom. The van der Waals surface area contributed by atoms with Gasteiger partial charge in [-0.15, -0.1) is 0 Å². The van der Waals surface area contributed by atoms with E-state index in [-0.39, 0.29) is 18.4 Å². The number of imidazole rings is 1. The van der Waals surface area contributed by atoms with Crippen LogP contribution in [0.3, 0.4) is 0 Å². The first-order valence-electron chi connectivity index (χ1n) is 10.6. The SMILES string of the molecule is CC(C)C[C@H](NC(=O)Cc1ccc2c(c1)OCCCO2)c1nc2ccccc2n1C. The van der Waals surface area contributed by atoms with Gasteiger partial charge >= 0.3 is 0 Å². The molecule has 158 valence electrons. The lowest BCUT2D eigenvalue weighted by atomic mass is 10.0. The van der Waals surface area contributed by atoms with Crippen molar-refractivity contribution >= 4 is 16.9 Å². The molecule has 3 aromatic rings.